The molecule has 0 heterocycles. The van der Waals surface area contributed by atoms with E-state index in [1.54, 1.807) is 6.07 Å². The molecule has 0 aliphatic carbocycles. The Morgan fingerprint density at radius 1 is 1.44 bits per heavy atom. The lowest BCUT2D eigenvalue weighted by Crippen LogP contribution is -2.27. The highest BCUT2D eigenvalue weighted by Gasteiger charge is 2.22. The van der Waals surface area contributed by atoms with Crippen LogP contribution in [0.2, 0.25) is 0 Å². The van der Waals surface area contributed by atoms with Crippen LogP contribution in [0, 0.1) is 6.92 Å². The first-order valence-electron chi connectivity index (χ1n) is 5.35. The molecule has 0 atom stereocenters. The van der Waals surface area contributed by atoms with E-state index in [-0.39, 0.29) is 5.97 Å². The summed E-state index contributed by atoms with van der Waals surface area (Å²) in [5, 5.41) is 0. The highest BCUT2D eigenvalue weighted by Crippen LogP contribution is 2.20. The molecule has 1 aromatic carbocycles. The van der Waals surface area contributed by atoms with Crippen LogP contribution in [0.15, 0.2) is 22.7 Å². The zero-order chi connectivity index (χ0) is 12.3. The largest absolute Gasteiger partial charge is 0.456 e. The molecule has 1 aromatic rings. The average Bonchev–Trinajstić information content (AvgIpc) is 2.16. The number of halogens is 1. The summed E-state index contributed by atoms with van der Waals surface area (Å²) in [7, 11) is 0. The summed E-state index contributed by atoms with van der Waals surface area (Å²) in [6.07, 6.45) is 0.800. The topological polar surface area (TPSA) is 26.3 Å². The quantitative estimate of drug-likeness (QED) is 0.781. The third kappa shape index (κ3) is 3.34. The van der Waals surface area contributed by atoms with Crippen LogP contribution in [-0.4, -0.2) is 11.6 Å². The van der Waals surface area contributed by atoms with Gasteiger partial charge in [0.25, 0.3) is 0 Å². The smallest absolute Gasteiger partial charge is 0.338 e. The van der Waals surface area contributed by atoms with Crippen LogP contribution in [0.25, 0.3) is 0 Å². The van der Waals surface area contributed by atoms with Gasteiger partial charge in [0, 0.05) is 4.47 Å². The van der Waals surface area contributed by atoms with Gasteiger partial charge in [-0.1, -0.05) is 22.9 Å². The van der Waals surface area contributed by atoms with E-state index >= 15 is 0 Å². The third-order valence-corrected chi connectivity index (χ3v) is 3.12. The summed E-state index contributed by atoms with van der Waals surface area (Å²) in [5.74, 6) is -0.253. The van der Waals surface area contributed by atoms with Crippen LogP contribution in [0.3, 0.4) is 0 Å². The van der Waals surface area contributed by atoms with E-state index in [2.05, 4.69) is 15.9 Å². The maximum Gasteiger partial charge on any atom is 0.338 e. The second-order valence-corrected chi connectivity index (χ2v) is 5.38. The summed E-state index contributed by atoms with van der Waals surface area (Å²) in [5.41, 5.74) is 1.15. The number of esters is 1. The van der Waals surface area contributed by atoms with Crippen LogP contribution in [0.5, 0.6) is 0 Å². The fourth-order valence-electron chi connectivity index (χ4n) is 1.23. The van der Waals surface area contributed by atoms with Gasteiger partial charge < -0.3 is 4.74 Å². The van der Waals surface area contributed by atoms with Crippen molar-refractivity contribution in [2.24, 2.45) is 0 Å². The first kappa shape index (κ1) is 13.2. The molecule has 0 amide bonds. The lowest BCUT2D eigenvalue weighted by molar-refractivity contribution is -0.00250. The van der Waals surface area contributed by atoms with Gasteiger partial charge in [0.1, 0.15) is 5.60 Å². The van der Waals surface area contributed by atoms with Gasteiger partial charge in [-0.05, 0) is 51.0 Å². The Hall–Kier alpha value is -0.830. The third-order valence-electron chi connectivity index (χ3n) is 2.63. The van der Waals surface area contributed by atoms with Gasteiger partial charge in [0.05, 0.1) is 5.56 Å². The van der Waals surface area contributed by atoms with E-state index in [1.807, 2.05) is 39.8 Å². The van der Waals surface area contributed by atoms with Crippen molar-refractivity contribution < 1.29 is 9.53 Å². The highest BCUT2D eigenvalue weighted by atomic mass is 79.9. The van der Waals surface area contributed by atoms with Crippen LogP contribution in [0.4, 0.5) is 0 Å². The molecular weight excluding hydrogens is 268 g/mol. The Balaban J connectivity index is 2.89. The number of rotatable bonds is 3. The van der Waals surface area contributed by atoms with Crippen molar-refractivity contribution in [3.8, 4) is 0 Å². The number of aryl methyl sites for hydroxylation is 1. The first-order chi connectivity index (χ1) is 7.35. The molecule has 88 valence electrons. The Morgan fingerprint density at radius 3 is 2.56 bits per heavy atom. The minimum absolute atomic E-state index is 0.253. The van der Waals surface area contributed by atoms with Gasteiger partial charge >= 0.3 is 5.97 Å². The number of carbonyl (C=O) groups excluding carboxylic acids is 1. The highest BCUT2D eigenvalue weighted by molar-refractivity contribution is 9.10. The molecule has 16 heavy (non-hydrogen) atoms. The summed E-state index contributed by atoms with van der Waals surface area (Å²) >= 11 is 3.37. The van der Waals surface area contributed by atoms with Gasteiger partial charge in [-0.25, -0.2) is 4.79 Å². The van der Waals surface area contributed by atoms with Crippen molar-refractivity contribution in [1.29, 1.82) is 0 Å². The molecule has 0 aliphatic rings. The number of carbonyl (C=O) groups is 1. The van der Waals surface area contributed by atoms with Crippen molar-refractivity contribution in [2.75, 3.05) is 0 Å². The SMILES string of the molecule is CCC(C)(C)OC(=O)c1ccc(Br)cc1C. The van der Waals surface area contributed by atoms with Crippen molar-refractivity contribution in [1.82, 2.24) is 0 Å². The van der Waals surface area contributed by atoms with E-state index in [0.29, 0.717) is 5.56 Å². The molecule has 0 bridgehead atoms. The fraction of sp³-hybridized carbons (Fsp3) is 0.462. The maximum absolute atomic E-state index is 11.9. The van der Waals surface area contributed by atoms with Crippen LogP contribution < -0.4 is 0 Å². The molecule has 0 spiro atoms. The Morgan fingerprint density at radius 2 is 2.06 bits per heavy atom. The zero-order valence-electron chi connectivity index (χ0n) is 10.1. The Bertz CT molecular complexity index is 397. The minimum atomic E-state index is -0.406. The van der Waals surface area contributed by atoms with Crippen molar-refractivity contribution in [3.63, 3.8) is 0 Å². The number of hydrogen-bond donors (Lipinski definition) is 0. The molecule has 0 saturated heterocycles. The van der Waals surface area contributed by atoms with E-state index < -0.39 is 5.60 Å². The molecule has 0 aliphatic heterocycles. The molecule has 0 unspecified atom stereocenters. The van der Waals surface area contributed by atoms with Crippen LogP contribution in [-0.2, 0) is 4.74 Å². The number of hydrogen-bond acceptors (Lipinski definition) is 2. The van der Waals surface area contributed by atoms with Gasteiger partial charge in [-0.3, -0.25) is 0 Å². The van der Waals surface area contributed by atoms with E-state index in [9.17, 15) is 4.79 Å². The van der Waals surface area contributed by atoms with E-state index in [1.165, 1.54) is 0 Å². The Labute approximate surface area is 105 Å². The monoisotopic (exact) mass is 284 g/mol. The predicted molar refractivity (Wildman–Crippen MR) is 68.7 cm³/mol. The number of benzene rings is 1. The minimum Gasteiger partial charge on any atom is -0.456 e. The summed E-state index contributed by atoms with van der Waals surface area (Å²) < 4.78 is 6.41. The molecule has 1 rings (SSSR count). The number of ether oxygens (including phenoxy) is 1. The molecular formula is C13H17BrO2. The molecule has 0 aromatic heterocycles. The van der Waals surface area contributed by atoms with Crippen molar-refractivity contribution in [3.05, 3.63) is 33.8 Å². The summed E-state index contributed by atoms with van der Waals surface area (Å²) in [4.78, 5) is 11.9. The second-order valence-electron chi connectivity index (χ2n) is 4.46. The maximum atomic E-state index is 11.9. The fourth-order valence-corrected chi connectivity index (χ4v) is 1.71. The predicted octanol–water partition coefficient (Wildman–Crippen LogP) is 4.10. The average molecular weight is 285 g/mol. The molecule has 2 nitrogen and oxygen atoms in total. The lowest BCUT2D eigenvalue weighted by Gasteiger charge is -2.23. The molecule has 0 saturated carbocycles. The van der Waals surface area contributed by atoms with Gasteiger partial charge in [-0.2, -0.15) is 0 Å². The van der Waals surface area contributed by atoms with Gasteiger partial charge in [-0.15, -0.1) is 0 Å². The summed E-state index contributed by atoms with van der Waals surface area (Å²) in [6, 6.07) is 5.55. The molecule has 0 radical (unpaired) electrons. The van der Waals surface area contributed by atoms with Crippen molar-refractivity contribution in [2.45, 2.75) is 39.7 Å². The van der Waals surface area contributed by atoms with Gasteiger partial charge in [0.15, 0.2) is 0 Å². The first-order valence-corrected chi connectivity index (χ1v) is 6.14. The lowest BCUT2D eigenvalue weighted by atomic mass is 10.1. The van der Waals surface area contributed by atoms with Crippen molar-refractivity contribution >= 4 is 21.9 Å². The second kappa shape index (κ2) is 5.00. The molecule has 3 heteroatoms. The molecule has 0 N–H and O–H groups in total. The Kier molecular flexibility index (Phi) is 4.14. The van der Waals surface area contributed by atoms with Crippen LogP contribution in [0.1, 0.15) is 43.1 Å². The van der Waals surface area contributed by atoms with E-state index in [0.717, 1.165) is 16.5 Å². The standard InChI is InChI=1S/C13H17BrO2/c1-5-13(3,4)16-12(15)11-7-6-10(14)8-9(11)2/h6-8H,5H2,1-4H3. The summed E-state index contributed by atoms with van der Waals surface area (Å²) in [6.45, 7) is 7.74. The van der Waals surface area contributed by atoms with Gasteiger partial charge in [0.2, 0.25) is 0 Å². The zero-order valence-corrected chi connectivity index (χ0v) is 11.7. The van der Waals surface area contributed by atoms with E-state index in [4.69, 9.17) is 4.74 Å². The van der Waals surface area contributed by atoms with Crippen LogP contribution >= 0.6 is 15.9 Å². The normalized spacial score (nSPS) is 11.3. The molecule has 0 fully saturated rings.